The third kappa shape index (κ3) is 3.58. The topological polar surface area (TPSA) is 29.5 Å². The molecule has 1 fully saturated rings. The van der Waals surface area contributed by atoms with E-state index in [0.717, 1.165) is 31.6 Å². The fraction of sp³-hybridized carbons (Fsp3) is 0.611. The molecule has 21 heavy (non-hydrogen) atoms. The number of esters is 1. The molecule has 2 atom stereocenters. The van der Waals surface area contributed by atoms with Gasteiger partial charge in [0.25, 0.3) is 0 Å². The summed E-state index contributed by atoms with van der Waals surface area (Å²) < 4.78 is 5.63. The third-order valence-corrected chi connectivity index (χ3v) is 4.54. The Kier molecular flexibility index (Phi) is 4.92. The molecular weight excluding hydrogens is 262 g/mol. The van der Waals surface area contributed by atoms with Crippen molar-refractivity contribution in [2.75, 3.05) is 13.1 Å². The van der Waals surface area contributed by atoms with Crippen molar-refractivity contribution >= 4 is 5.97 Å². The summed E-state index contributed by atoms with van der Waals surface area (Å²) in [5.74, 6) is -0.211. The van der Waals surface area contributed by atoms with Crippen molar-refractivity contribution in [2.45, 2.75) is 52.6 Å². The summed E-state index contributed by atoms with van der Waals surface area (Å²) in [6.45, 7) is 12.4. The Labute approximate surface area is 128 Å². The zero-order valence-electron chi connectivity index (χ0n) is 13.5. The molecule has 0 amide bonds. The van der Waals surface area contributed by atoms with E-state index in [0.29, 0.717) is 0 Å². The van der Waals surface area contributed by atoms with Gasteiger partial charge in [0, 0.05) is 24.6 Å². The van der Waals surface area contributed by atoms with E-state index < -0.39 is 0 Å². The lowest BCUT2D eigenvalue weighted by Gasteiger charge is -2.36. The average molecular weight is 289 g/mol. The first-order valence-electron chi connectivity index (χ1n) is 7.90. The van der Waals surface area contributed by atoms with Crippen LogP contribution in [0.2, 0.25) is 0 Å². The minimum atomic E-state index is -0.216. The summed E-state index contributed by atoms with van der Waals surface area (Å²) in [5, 5.41) is 0. The maximum Gasteiger partial charge on any atom is 0.333 e. The first-order chi connectivity index (χ1) is 9.96. The Bertz CT molecular complexity index is 468. The van der Waals surface area contributed by atoms with Crippen LogP contribution in [0.1, 0.15) is 46.5 Å². The third-order valence-electron chi connectivity index (χ3n) is 4.54. The van der Waals surface area contributed by atoms with Crippen LogP contribution in [-0.4, -0.2) is 30.1 Å². The van der Waals surface area contributed by atoms with Gasteiger partial charge in [0.1, 0.15) is 0 Å². The monoisotopic (exact) mass is 289 g/mol. The smallest absolute Gasteiger partial charge is 0.333 e. The highest BCUT2D eigenvalue weighted by Gasteiger charge is 2.42. The number of nitrogens with zero attached hydrogens (tertiary/aromatic N) is 1. The summed E-state index contributed by atoms with van der Waals surface area (Å²) >= 11 is 0. The van der Waals surface area contributed by atoms with E-state index in [-0.39, 0.29) is 17.5 Å². The molecule has 0 N–H and O–H groups in total. The number of carbonyl (C=O) groups is 1. The quantitative estimate of drug-likeness (QED) is 0.550. The molecule has 0 unspecified atom stereocenters. The standard InChI is InChI=1S/C18H27NO2/c1-5-18(4,10-8-9-14(2)3)17-15(13-16(20)21-17)19-11-6-7-12-19/h5,9,13,17H,1,6-8,10-12H2,2-4H3/t17-,18+/m0/s1. The maximum atomic E-state index is 11.8. The molecule has 0 aromatic carbocycles. The van der Waals surface area contributed by atoms with Crippen molar-refractivity contribution in [3.8, 4) is 0 Å². The Morgan fingerprint density at radius 3 is 2.71 bits per heavy atom. The molecule has 0 spiro atoms. The molecule has 2 heterocycles. The maximum absolute atomic E-state index is 11.8. The molecule has 0 saturated carbocycles. The molecule has 0 bridgehead atoms. The fourth-order valence-electron chi connectivity index (χ4n) is 3.12. The van der Waals surface area contributed by atoms with Gasteiger partial charge in [0.2, 0.25) is 0 Å². The lowest BCUT2D eigenvalue weighted by Crippen LogP contribution is -2.38. The van der Waals surface area contributed by atoms with Crippen molar-refractivity contribution in [1.29, 1.82) is 0 Å². The number of rotatable bonds is 6. The number of ether oxygens (including phenoxy) is 1. The number of carbonyl (C=O) groups excluding carboxylic acids is 1. The second-order valence-corrected chi connectivity index (χ2v) is 6.61. The molecule has 116 valence electrons. The van der Waals surface area contributed by atoms with Crippen LogP contribution in [0, 0.1) is 5.41 Å². The van der Waals surface area contributed by atoms with Gasteiger partial charge >= 0.3 is 5.97 Å². The zero-order valence-corrected chi connectivity index (χ0v) is 13.5. The van der Waals surface area contributed by atoms with E-state index >= 15 is 0 Å². The fourth-order valence-corrected chi connectivity index (χ4v) is 3.12. The molecule has 0 radical (unpaired) electrons. The first kappa shape index (κ1) is 15.9. The summed E-state index contributed by atoms with van der Waals surface area (Å²) in [6, 6.07) is 0. The predicted octanol–water partition coefficient (Wildman–Crippen LogP) is 3.83. The lowest BCUT2D eigenvalue weighted by atomic mass is 9.78. The molecule has 2 rings (SSSR count). The van der Waals surface area contributed by atoms with Gasteiger partial charge in [-0.15, -0.1) is 6.58 Å². The summed E-state index contributed by atoms with van der Waals surface area (Å²) in [7, 11) is 0. The number of cyclic esters (lactones) is 1. The predicted molar refractivity (Wildman–Crippen MR) is 85.7 cm³/mol. The zero-order chi connectivity index (χ0) is 15.5. The van der Waals surface area contributed by atoms with E-state index in [9.17, 15) is 4.79 Å². The van der Waals surface area contributed by atoms with Gasteiger partial charge in [-0.3, -0.25) is 0 Å². The van der Waals surface area contributed by atoms with Crippen LogP contribution in [0.25, 0.3) is 0 Å². The normalized spacial score (nSPS) is 24.3. The van der Waals surface area contributed by atoms with Crippen LogP contribution in [0.4, 0.5) is 0 Å². The largest absolute Gasteiger partial charge is 0.452 e. The van der Waals surface area contributed by atoms with Gasteiger partial charge in [0.15, 0.2) is 6.10 Å². The average Bonchev–Trinajstić information content (AvgIpc) is 3.06. The summed E-state index contributed by atoms with van der Waals surface area (Å²) in [5.41, 5.74) is 2.16. The van der Waals surface area contributed by atoms with Gasteiger partial charge in [-0.2, -0.15) is 0 Å². The molecule has 0 aromatic heterocycles. The molecular formula is C18H27NO2. The summed E-state index contributed by atoms with van der Waals surface area (Å²) in [6.07, 6.45) is 9.99. The van der Waals surface area contributed by atoms with Gasteiger partial charge in [0.05, 0.1) is 5.70 Å². The number of likely N-dealkylation sites (tertiary alicyclic amines) is 1. The highest BCUT2D eigenvalue weighted by molar-refractivity contribution is 5.86. The van der Waals surface area contributed by atoms with E-state index in [1.165, 1.54) is 18.4 Å². The molecule has 3 nitrogen and oxygen atoms in total. The minimum absolute atomic E-state index is 0.189. The number of allylic oxidation sites excluding steroid dienone is 2. The highest BCUT2D eigenvalue weighted by Crippen LogP contribution is 2.40. The second-order valence-electron chi connectivity index (χ2n) is 6.61. The van der Waals surface area contributed by atoms with Crippen LogP contribution in [0.3, 0.4) is 0 Å². The van der Waals surface area contributed by atoms with Crippen LogP contribution in [0.5, 0.6) is 0 Å². The molecule has 0 aliphatic carbocycles. The van der Waals surface area contributed by atoms with Crippen LogP contribution in [-0.2, 0) is 9.53 Å². The van der Waals surface area contributed by atoms with Gasteiger partial charge in [-0.25, -0.2) is 4.79 Å². The van der Waals surface area contributed by atoms with Crippen molar-refractivity contribution < 1.29 is 9.53 Å². The van der Waals surface area contributed by atoms with E-state index in [1.54, 1.807) is 6.08 Å². The molecule has 0 aromatic rings. The Morgan fingerprint density at radius 2 is 2.14 bits per heavy atom. The van der Waals surface area contributed by atoms with E-state index in [4.69, 9.17) is 4.74 Å². The van der Waals surface area contributed by atoms with Gasteiger partial charge < -0.3 is 9.64 Å². The van der Waals surface area contributed by atoms with Crippen molar-refractivity contribution in [2.24, 2.45) is 5.41 Å². The van der Waals surface area contributed by atoms with Gasteiger partial charge in [-0.1, -0.05) is 24.6 Å². The van der Waals surface area contributed by atoms with Crippen LogP contribution in [0.15, 0.2) is 36.1 Å². The molecule has 3 heteroatoms. The Hall–Kier alpha value is -1.51. The van der Waals surface area contributed by atoms with Crippen LogP contribution >= 0.6 is 0 Å². The Morgan fingerprint density at radius 1 is 1.48 bits per heavy atom. The summed E-state index contributed by atoms with van der Waals surface area (Å²) in [4.78, 5) is 14.1. The number of hydrogen-bond acceptors (Lipinski definition) is 3. The SMILES string of the molecule is C=C[C@](C)(CCC=C(C)C)[C@H]1OC(=O)C=C1N1CCCC1. The van der Waals surface area contributed by atoms with Crippen molar-refractivity contribution in [1.82, 2.24) is 4.90 Å². The minimum Gasteiger partial charge on any atom is -0.452 e. The lowest BCUT2D eigenvalue weighted by molar-refractivity contribution is -0.142. The van der Waals surface area contributed by atoms with Gasteiger partial charge in [-0.05, 0) is 39.5 Å². The Balaban J connectivity index is 2.15. The second kappa shape index (κ2) is 6.50. The highest BCUT2D eigenvalue weighted by atomic mass is 16.5. The molecule has 2 aliphatic heterocycles. The van der Waals surface area contributed by atoms with Crippen LogP contribution < -0.4 is 0 Å². The van der Waals surface area contributed by atoms with E-state index in [2.05, 4.69) is 38.3 Å². The molecule has 2 aliphatic rings. The molecule has 1 saturated heterocycles. The van der Waals surface area contributed by atoms with Crippen molar-refractivity contribution in [3.05, 3.63) is 36.1 Å². The van der Waals surface area contributed by atoms with Crippen molar-refractivity contribution in [3.63, 3.8) is 0 Å². The number of hydrogen-bond donors (Lipinski definition) is 0. The van der Waals surface area contributed by atoms with E-state index in [1.807, 2.05) is 6.08 Å². The first-order valence-corrected chi connectivity index (χ1v) is 7.90.